The van der Waals surface area contributed by atoms with Crippen molar-refractivity contribution in [1.29, 1.82) is 0 Å². The zero-order chi connectivity index (χ0) is 11.8. The van der Waals surface area contributed by atoms with Crippen molar-refractivity contribution in [1.82, 2.24) is 10.3 Å². The molecule has 3 N–H and O–H groups in total. The van der Waals surface area contributed by atoms with Crippen LogP contribution in [0.25, 0.3) is 0 Å². The summed E-state index contributed by atoms with van der Waals surface area (Å²) in [6, 6.07) is 5.06. The van der Waals surface area contributed by atoms with Crippen LogP contribution >= 0.6 is 0 Å². The average Bonchev–Trinajstić information content (AvgIpc) is 2.28. The van der Waals surface area contributed by atoms with Gasteiger partial charge in [-0.1, -0.05) is 32.3 Å². The predicted molar refractivity (Wildman–Crippen MR) is 65.1 cm³/mol. The molecule has 0 aliphatic heterocycles. The third kappa shape index (κ3) is 4.29. The number of pyridine rings is 1. The van der Waals surface area contributed by atoms with Crippen molar-refractivity contribution in [3.05, 3.63) is 23.9 Å². The Morgan fingerprint density at radius 1 is 1.38 bits per heavy atom. The molecule has 1 aromatic rings. The van der Waals surface area contributed by atoms with E-state index < -0.39 is 0 Å². The lowest BCUT2D eigenvalue weighted by molar-refractivity contribution is 0.0948. The van der Waals surface area contributed by atoms with Gasteiger partial charge in [-0.05, 0) is 18.6 Å². The monoisotopic (exact) mass is 221 g/mol. The summed E-state index contributed by atoms with van der Waals surface area (Å²) in [6.07, 6.45) is 4.58. The maximum absolute atomic E-state index is 11.6. The number of aromatic nitrogens is 1. The minimum Gasteiger partial charge on any atom is -0.384 e. The lowest BCUT2D eigenvalue weighted by Gasteiger charge is -2.04. The van der Waals surface area contributed by atoms with Crippen molar-refractivity contribution < 1.29 is 4.79 Å². The van der Waals surface area contributed by atoms with Crippen molar-refractivity contribution in [2.45, 2.75) is 32.6 Å². The van der Waals surface area contributed by atoms with E-state index in [1.54, 1.807) is 18.2 Å². The van der Waals surface area contributed by atoms with Gasteiger partial charge in [0, 0.05) is 6.54 Å². The smallest absolute Gasteiger partial charge is 0.269 e. The maximum Gasteiger partial charge on any atom is 0.269 e. The van der Waals surface area contributed by atoms with Crippen LogP contribution in [-0.4, -0.2) is 17.4 Å². The number of nitrogens with zero attached hydrogens (tertiary/aromatic N) is 1. The van der Waals surface area contributed by atoms with Gasteiger partial charge in [0.05, 0.1) is 0 Å². The average molecular weight is 221 g/mol. The number of hydrogen-bond donors (Lipinski definition) is 2. The molecule has 0 spiro atoms. The Morgan fingerprint density at radius 3 is 2.88 bits per heavy atom. The summed E-state index contributed by atoms with van der Waals surface area (Å²) in [6.45, 7) is 2.87. The van der Waals surface area contributed by atoms with E-state index in [0.29, 0.717) is 18.1 Å². The third-order valence-electron chi connectivity index (χ3n) is 2.32. The highest BCUT2D eigenvalue weighted by Crippen LogP contribution is 2.01. The van der Waals surface area contributed by atoms with Gasteiger partial charge in [0.15, 0.2) is 0 Å². The number of nitrogens with two attached hydrogens (primary N) is 1. The second-order valence-electron chi connectivity index (χ2n) is 3.76. The molecule has 1 amide bonds. The minimum absolute atomic E-state index is 0.149. The summed E-state index contributed by atoms with van der Waals surface area (Å²) in [5.41, 5.74) is 5.88. The maximum atomic E-state index is 11.6. The lowest BCUT2D eigenvalue weighted by Crippen LogP contribution is -2.25. The Kier molecular flexibility index (Phi) is 5.32. The van der Waals surface area contributed by atoms with Crippen molar-refractivity contribution in [3.63, 3.8) is 0 Å². The largest absolute Gasteiger partial charge is 0.384 e. The van der Waals surface area contributed by atoms with Gasteiger partial charge in [0.25, 0.3) is 5.91 Å². The molecule has 1 aromatic heterocycles. The number of hydrogen-bond acceptors (Lipinski definition) is 3. The molecule has 0 bridgehead atoms. The van der Waals surface area contributed by atoms with Crippen molar-refractivity contribution in [3.8, 4) is 0 Å². The number of nitrogens with one attached hydrogen (secondary N) is 1. The Hall–Kier alpha value is -1.58. The van der Waals surface area contributed by atoms with E-state index in [1.807, 2.05) is 0 Å². The quantitative estimate of drug-likeness (QED) is 0.722. The summed E-state index contributed by atoms with van der Waals surface area (Å²) < 4.78 is 0. The molecule has 1 heterocycles. The zero-order valence-corrected chi connectivity index (χ0v) is 9.70. The second-order valence-corrected chi connectivity index (χ2v) is 3.76. The molecule has 0 unspecified atom stereocenters. The van der Waals surface area contributed by atoms with Crippen LogP contribution in [0.4, 0.5) is 5.82 Å². The Bertz CT molecular complexity index is 339. The molecule has 88 valence electrons. The summed E-state index contributed by atoms with van der Waals surface area (Å²) in [4.78, 5) is 15.6. The Labute approximate surface area is 96.3 Å². The van der Waals surface area contributed by atoms with Gasteiger partial charge in [0.1, 0.15) is 11.5 Å². The van der Waals surface area contributed by atoms with Gasteiger partial charge in [-0.3, -0.25) is 4.79 Å². The molecule has 0 fully saturated rings. The normalized spacial score (nSPS) is 10.1. The van der Waals surface area contributed by atoms with Gasteiger partial charge in [-0.15, -0.1) is 0 Å². The van der Waals surface area contributed by atoms with Crippen LogP contribution in [0.2, 0.25) is 0 Å². The molecule has 0 saturated heterocycles. The van der Waals surface area contributed by atoms with Gasteiger partial charge in [0.2, 0.25) is 0 Å². The van der Waals surface area contributed by atoms with Gasteiger partial charge >= 0.3 is 0 Å². The minimum atomic E-state index is -0.149. The first-order valence-corrected chi connectivity index (χ1v) is 5.74. The Balaban J connectivity index is 2.30. The first-order valence-electron chi connectivity index (χ1n) is 5.74. The Morgan fingerprint density at radius 2 is 2.19 bits per heavy atom. The second kappa shape index (κ2) is 6.82. The van der Waals surface area contributed by atoms with Gasteiger partial charge in [-0.2, -0.15) is 0 Å². The SMILES string of the molecule is CCCCCCNC(=O)c1cccc(N)n1. The number of carbonyl (C=O) groups is 1. The van der Waals surface area contributed by atoms with Crippen LogP contribution in [0, 0.1) is 0 Å². The number of rotatable bonds is 6. The summed E-state index contributed by atoms with van der Waals surface area (Å²) in [5, 5.41) is 2.83. The molecule has 0 atom stereocenters. The van der Waals surface area contributed by atoms with E-state index in [4.69, 9.17) is 5.73 Å². The molecule has 4 nitrogen and oxygen atoms in total. The predicted octanol–water partition coefficient (Wildman–Crippen LogP) is 1.97. The van der Waals surface area contributed by atoms with E-state index in [2.05, 4.69) is 17.2 Å². The fourth-order valence-corrected chi connectivity index (χ4v) is 1.42. The first-order chi connectivity index (χ1) is 7.74. The fraction of sp³-hybridized carbons (Fsp3) is 0.500. The third-order valence-corrected chi connectivity index (χ3v) is 2.32. The van der Waals surface area contributed by atoms with Gasteiger partial charge in [-0.25, -0.2) is 4.98 Å². The molecular formula is C12H19N3O. The van der Waals surface area contributed by atoms with Crippen molar-refractivity contribution in [2.24, 2.45) is 0 Å². The van der Waals surface area contributed by atoms with Crippen LogP contribution < -0.4 is 11.1 Å². The highest BCUT2D eigenvalue weighted by atomic mass is 16.1. The molecule has 0 saturated carbocycles. The van der Waals surface area contributed by atoms with E-state index in [-0.39, 0.29) is 5.91 Å². The summed E-state index contributed by atoms with van der Waals surface area (Å²) in [5.74, 6) is 0.224. The number of amides is 1. The molecule has 4 heteroatoms. The number of nitrogen functional groups attached to an aromatic ring is 1. The molecular weight excluding hydrogens is 202 g/mol. The molecule has 16 heavy (non-hydrogen) atoms. The van der Waals surface area contributed by atoms with E-state index in [9.17, 15) is 4.79 Å². The van der Waals surface area contributed by atoms with Crippen LogP contribution in [0.15, 0.2) is 18.2 Å². The summed E-state index contributed by atoms with van der Waals surface area (Å²) in [7, 11) is 0. The van der Waals surface area contributed by atoms with E-state index in [1.165, 1.54) is 12.8 Å². The standard InChI is InChI=1S/C12H19N3O/c1-2-3-4-5-9-14-12(16)10-7-6-8-11(13)15-10/h6-8H,2-5,9H2,1H3,(H2,13,15)(H,14,16). The van der Waals surface area contributed by atoms with Crippen LogP contribution in [0.1, 0.15) is 43.1 Å². The number of unbranched alkanes of at least 4 members (excludes halogenated alkanes) is 3. The molecule has 0 radical (unpaired) electrons. The van der Waals surface area contributed by atoms with E-state index >= 15 is 0 Å². The van der Waals surface area contributed by atoms with E-state index in [0.717, 1.165) is 12.8 Å². The first kappa shape index (κ1) is 12.5. The molecule has 0 aliphatic rings. The molecule has 1 rings (SSSR count). The topological polar surface area (TPSA) is 68.0 Å². The highest BCUT2D eigenvalue weighted by molar-refractivity contribution is 5.92. The molecule has 0 aromatic carbocycles. The van der Waals surface area contributed by atoms with Gasteiger partial charge < -0.3 is 11.1 Å². The molecule has 0 aliphatic carbocycles. The van der Waals surface area contributed by atoms with Crippen molar-refractivity contribution in [2.75, 3.05) is 12.3 Å². The lowest BCUT2D eigenvalue weighted by atomic mass is 10.2. The van der Waals surface area contributed by atoms with Crippen LogP contribution in [0.3, 0.4) is 0 Å². The summed E-state index contributed by atoms with van der Waals surface area (Å²) >= 11 is 0. The fourth-order valence-electron chi connectivity index (χ4n) is 1.42. The van der Waals surface area contributed by atoms with Crippen molar-refractivity contribution >= 4 is 11.7 Å². The van der Waals surface area contributed by atoms with Crippen LogP contribution in [-0.2, 0) is 0 Å². The highest BCUT2D eigenvalue weighted by Gasteiger charge is 2.05. The van der Waals surface area contributed by atoms with Crippen LogP contribution in [0.5, 0.6) is 0 Å². The number of anilines is 1. The zero-order valence-electron chi connectivity index (χ0n) is 9.70. The number of carbonyl (C=O) groups excluding carboxylic acids is 1.